The van der Waals surface area contributed by atoms with E-state index < -0.39 is 36.0 Å². The minimum atomic E-state index is -0.879. The number of fused-ring (bicyclic) bond motifs is 1. The minimum absolute atomic E-state index is 0.0509. The average Bonchev–Trinajstić information content (AvgIpc) is 3.33. The van der Waals surface area contributed by atoms with Gasteiger partial charge in [-0.2, -0.15) is 0 Å². The highest BCUT2D eigenvalue weighted by Gasteiger charge is 2.40. The van der Waals surface area contributed by atoms with Crippen LogP contribution in [0.3, 0.4) is 0 Å². The Morgan fingerprint density at radius 3 is 2.31 bits per heavy atom. The van der Waals surface area contributed by atoms with Crippen molar-refractivity contribution in [3.63, 3.8) is 0 Å². The van der Waals surface area contributed by atoms with Crippen LogP contribution in [0.4, 0.5) is 0 Å². The third kappa shape index (κ3) is 6.93. The molecule has 0 aliphatic carbocycles. The van der Waals surface area contributed by atoms with Crippen LogP contribution in [-0.2, 0) is 25.6 Å². The number of hydrogen-bond donors (Lipinski definition) is 5. The van der Waals surface area contributed by atoms with E-state index in [0.717, 1.165) is 5.56 Å². The van der Waals surface area contributed by atoms with Crippen LogP contribution in [0.15, 0.2) is 35.3 Å². The maximum Gasteiger partial charge on any atom is 0.246 e. The lowest BCUT2D eigenvalue weighted by Crippen LogP contribution is -2.61. The summed E-state index contributed by atoms with van der Waals surface area (Å²) in [6, 6.07) is 6.10. The lowest BCUT2D eigenvalue weighted by atomic mass is 10.0. The first kappa shape index (κ1) is 26.0. The van der Waals surface area contributed by atoms with Crippen LogP contribution >= 0.6 is 0 Å². The van der Waals surface area contributed by atoms with E-state index in [9.17, 15) is 19.2 Å². The van der Waals surface area contributed by atoms with Crippen LogP contribution in [0.5, 0.6) is 0 Å². The highest BCUT2D eigenvalue weighted by Crippen LogP contribution is 2.21. The van der Waals surface area contributed by atoms with Gasteiger partial charge in [-0.05, 0) is 37.7 Å². The van der Waals surface area contributed by atoms with Gasteiger partial charge in [-0.15, -0.1) is 0 Å². The first-order valence-electron chi connectivity index (χ1n) is 12.1. The highest BCUT2D eigenvalue weighted by atomic mass is 16.2. The molecule has 1 aromatic rings. The standard InChI is InChI=1S/C24H35N7O4/c1-2-16-20(32)30-18(14-15-8-4-3-5-9-15)23(35)31-13-7-11-19(31)22(34)29-17(21(33)28-16)10-6-12-27-24(25)26/h3-5,8-9,16-19H,2,6-7,10-14H2,1H3,(H,28,33)(H,29,34)(H,30,32)(H4,25,26,27)/t16-,17-,18-,19+/m0/s1. The van der Waals surface area contributed by atoms with Gasteiger partial charge in [0.05, 0.1) is 0 Å². The Bertz CT molecular complexity index is 948. The monoisotopic (exact) mass is 485 g/mol. The van der Waals surface area contributed by atoms with Crippen LogP contribution in [-0.4, -0.2) is 71.7 Å². The van der Waals surface area contributed by atoms with E-state index in [4.69, 9.17) is 11.5 Å². The number of aliphatic imine (C=N–C) groups is 1. The van der Waals surface area contributed by atoms with Crippen LogP contribution < -0.4 is 27.4 Å². The minimum Gasteiger partial charge on any atom is -0.370 e. The molecule has 2 aliphatic rings. The molecule has 7 N–H and O–H groups in total. The second-order valence-electron chi connectivity index (χ2n) is 8.92. The van der Waals surface area contributed by atoms with E-state index >= 15 is 0 Å². The van der Waals surface area contributed by atoms with Crippen molar-refractivity contribution < 1.29 is 19.2 Å². The van der Waals surface area contributed by atoms with E-state index in [1.165, 1.54) is 4.90 Å². The number of hydrogen-bond acceptors (Lipinski definition) is 5. The van der Waals surface area contributed by atoms with Crippen molar-refractivity contribution in [3.8, 4) is 0 Å². The Morgan fingerprint density at radius 2 is 1.63 bits per heavy atom. The van der Waals surface area contributed by atoms with E-state index in [1.807, 2.05) is 30.3 Å². The maximum absolute atomic E-state index is 13.6. The van der Waals surface area contributed by atoms with Gasteiger partial charge in [0.15, 0.2) is 5.96 Å². The van der Waals surface area contributed by atoms with Gasteiger partial charge in [-0.3, -0.25) is 24.2 Å². The molecule has 0 aromatic heterocycles. The zero-order chi connectivity index (χ0) is 25.4. The topological polar surface area (TPSA) is 172 Å². The maximum atomic E-state index is 13.6. The first-order chi connectivity index (χ1) is 16.8. The molecule has 190 valence electrons. The fraction of sp³-hybridized carbons (Fsp3) is 0.542. The molecule has 2 saturated heterocycles. The summed E-state index contributed by atoms with van der Waals surface area (Å²) < 4.78 is 0. The van der Waals surface area contributed by atoms with E-state index in [-0.39, 0.29) is 30.6 Å². The van der Waals surface area contributed by atoms with Crippen LogP contribution in [0, 0.1) is 0 Å². The number of amides is 4. The lowest BCUT2D eigenvalue weighted by molar-refractivity contribution is -0.143. The van der Waals surface area contributed by atoms with Crippen LogP contribution in [0.1, 0.15) is 44.6 Å². The highest BCUT2D eigenvalue weighted by molar-refractivity contribution is 5.97. The molecular weight excluding hydrogens is 450 g/mol. The van der Waals surface area contributed by atoms with Crippen molar-refractivity contribution in [3.05, 3.63) is 35.9 Å². The summed E-state index contributed by atoms with van der Waals surface area (Å²) in [4.78, 5) is 58.4. The number of nitrogens with zero attached hydrogens (tertiary/aromatic N) is 2. The fourth-order valence-electron chi connectivity index (χ4n) is 4.49. The SMILES string of the molecule is CC[C@@H]1NC(=O)[C@H](CCCN=C(N)N)NC(=O)[C@H]2CCCN2C(=O)[C@H](Cc2ccccc2)NC1=O. The second-order valence-corrected chi connectivity index (χ2v) is 8.92. The Hall–Kier alpha value is -3.63. The predicted octanol–water partition coefficient (Wildman–Crippen LogP) is -0.848. The number of guanidine groups is 1. The van der Waals surface area contributed by atoms with Crippen LogP contribution in [0.2, 0.25) is 0 Å². The van der Waals surface area contributed by atoms with Gasteiger partial charge in [0, 0.05) is 19.5 Å². The zero-order valence-electron chi connectivity index (χ0n) is 20.0. The summed E-state index contributed by atoms with van der Waals surface area (Å²) in [7, 11) is 0. The Balaban J connectivity index is 1.86. The normalized spacial score (nSPS) is 25.5. The van der Waals surface area contributed by atoms with Crippen molar-refractivity contribution in [1.82, 2.24) is 20.9 Å². The van der Waals surface area contributed by atoms with Crippen molar-refractivity contribution in [1.29, 1.82) is 0 Å². The second kappa shape index (κ2) is 12.2. The summed E-state index contributed by atoms with van der Waals surface area (Å²) >= 11 is 0. The Morgan fingerprint density at radius 1 is 0.971 bits per heavy atom. The van der Waals surface area contributed by atoms with Gasteiger partial charge in [0.2, 0.25) is 23.6 Å². The smallest absolute Gasteiger partial charge is 0.246 e. The molecule has 4 atom stereocenters. The van der Waals surface area contributed by atoms with Crippen LogP contribution in [0.25, 0.3) is 0 Å². The van der Waals surface area contributed by atoms with Crippen molar-refractivity contribution in [2.45, 2.75) is 69.6 Å². The van der Waals surface area contributed by atoms with Gasteiger partial charge in [0.25, 0.3) is 0 Å². The molecule has 2 fully saturated rings. The molecule has 2 aliphatic heterocycles. The van der Waals surface area contributed by atoms with E-state index in [0.29, 0.717) is 38.8 Å². The molecule has 0 unspecified atom stereocenters. The summed E-state index contributed by atoms with van der Waals surface area (Å²) in [5.74, 6) is -1.62. The van der Waals surface area contributed by atoms with Gasteiger partial charge in [-0.1, -0.05) is 37.3 Å². The molecule has 11 heteroatoms. The average molecular weight is 486 g/mol. The summed E-state index contributed by atoms with van der Waals surface area (Å²) in [6.07, 6.45) is 2.49. The fourth-order valence-corrected chi connectivity index (χ4v) is 4.49. The quantitative estimate of drug-likeness (QED) is 0.191. The molecule has 35 heavy (non-hydrogen) atoms. The van der Waals surface area contributed by atoms with Gasteiger partial charge < -0.3 is 32.3 Å². The molecule has 11 nitrogen and oxygen atoms in total. The molecule has 0 radical (unpaired) electrons. The van der Waals surface area contributed by atoms with E-state index in [2.05, 4.69) is 20.9 Å². The molecule has 2 heterocycles. The molecule has 0 spiro atoms. The Kier molecular flexibility index (Phi) is 9.04. The molecule has 3 rings (SSSR count). The van der Waals surface area contributed by atoms with Gasteiger partial charge >= 0.3 is 0 Å². The number of rotatable bonds is 7. The zero-order valence-corrected chi connectivity index (χ0v) is 20.0. The summed E-state index contributed by atoms with van der Waals surface area (Å²) in [5.41, 5.74) is 11.6. The van der Waals surface area contributed by atoms with E-state index in [1.54, 1.807) is 6.92 Å². The van der Waals surface area contributed by atoms with Gasteiger partial charge in [-0.25, -0.2) is 0 Å². The number of nitrogens with one attached hydrogen (secondary N) is 3. The largest absolute Gasteiger partial charge is 0.370 e. The molecule has 4 amide bonds. The number of carbonyl (C=O) groups is 4. The predicted molar refractivity (Wildman–Crippen MR) is 131 cm³/mol. The summed E-state index contributed by atoms with van der Waals surface area (Å²) in [5, 5.41) is 8.38. The van der Waals surface area contributed by atoms with Crippen molar-refractivity contribution in [2.75, 3.05) is 13.1 Å². The molecule has 0 saturated carbocycles. The van der Waals surface area contributed by atoms with Crippen molar-refractivity contribution >= 4 is 29.6 Å². The van der Waals surface area contributed by atoms with Gasteiger partial charge in [0.1, 0.15) is 24.2 Å². The molecular formula is C24H35N7O4. The number of nitrogens with two attached hydrogens (primary N) is 2. The lowest BCUT2D eigenvalue weighted by Gasteiger charge is -2.32. The first-order valence-corrected chi connectivity index (χ1v) is 12.1. The molecule has 0 bridgehead atoms. The van der Waals surface area contributed by atoms with Crippen molar-refractivity contribution in [2.24, 2.45) is 16.5 Å². The number of carbonyl (C=O) groups excluding carboxylic acids is 4. The summed E-state index contributed by atoms with van der Waals surface area (Å²) in [6.45, 7) is 2.48. The third-order valence-electron chi connectivity index (χ3n) is 6.36. The molecule has 1 aromatic carbocycles. The number of benzene rings is 1. The Labute approximate surface area is 205 Å². The third-order valence-corrected chi connectivity index (χ3v) is 6.36.